The van der Waals surface area contributed by atoms with E-state index < -0.39 is 17.8 Å². The van der Waals surface area contributed by atoms with E-state index in [4.69, 9.17) is 11.0 Å². The summed E-state index contributed by atoms with van der Waals surface area (Å²) in [5.74, 6) is -1.87. The Kier molecular flexibility index (Phi) is 4.84. The van der Waals surface area contributed by atoms with E-state index in [0.29, 0.717) is 43.2 Å². The number of rotatable bonds is 3. The summed E-state index contributed by atoms with van der Waals surface area (Å²) in [6, 6.07) is 10.1. The zero-order valence-electron chi connectivity index (χ0n) is 13.6. The molecule has 0 aliphatic carbocycles. The van der Waals surface area contributed by atoms with Crippen molar-refractivity contribution < 1.29 is 13.2 Å². The van der Waals surface area contributed by atoms with Gasteiger partial charge in [0.1, 0.15) is 17.8 Å². The molecule has 3 rings (SSSR count). The van der Waals surface area contributed by atoms with Gasteiger partial charge < -0.3 is 10.6 Å². The average Bonchev–Trinajstić information content (AvgIpc) is 2.61. The molecule has 1 atom stereocenters. The van der Waals surface area contributed by atoms with Crippen LogP contribution in [0.3, 0.4) is 0 Å². The molecule has 0 spiro atoms. The Hall–Kier alpha value is -2.68. The minimum Gasteiger partial charge on any atom is -0.397 e. The molecule has 0 bridgehead atoms. The number of nitrogen functional groups attached to an aromatic ring is 1. The molecule has 2 N–H and O–H groups in total. The molecule has 3 nitrogen and oxygen atoms in total. The largest absolute Gasteiger partial charge is 0.397 e. The van der Waals surface area contributed by atoms with Crippen molar-refractivity contribution in [2.24, 2.45) is 5.92 Å². The van der Waals surface area contributed by atoms with Crippen molar-refractivity contribution in [3.63, 3.8) is 0 Å². The first-order valence-corrected chi connectivity index (χ1v) is 8.13. The van der Waals surface area contributed by atoms with Crippen LogP contribution in [0.1, 0.15) is 30.1 Å². The van der Waals surface area contributed by atoms with Crippen LogP contribution < -0.4 is 10.6 Å². The SMILES string of the molecule is N#Cc1ccc(N2CCC(C(F)c3ccc(F)cc3F)CC2)c(N)c1. The van der Waals surface area contributed by atoms with Gasteiger partial charge in [0, 0.05) is 24.7 Å². The Balaban J connectivity index is 1.68. The van der Waals surface area contributed by atoms with Crippen LogP contribution in [-0.4, -0.2) is 13.1 Å². The van der Waals surface area contributed by atoms with Crippen molar-refractivity contribution in [3.05, 3.63) is 59.2 Å². The number of nitriles is 1. The maximum absolute atomic E-state index is 14.7. The highest BCUT2D eigenvalue weighted by Crippen LogP contribution is 2.37. The highest BCUT2D eigenvalue weighted by molar-refractivity contribution is 5.69. The van der Waals surface area contributed by atoms with Crippen molar-refractivity contribution in [2.45, 2.75) is 19.0 Å². The molecule has 1 aliphatic heterocycles. The zero-order chi connectivity index (χ0) is 18.0. The van der Waals surface area contributed by atoms with Gasteiger partial charge >= 0.3 is 0 Å². The van der Waals surface area contributed by atoms with Gasteiger partial charge in [-0.3, -0.25) is 0 Å². The third-order valence-electron chi connectivity index (χ3n) is 4.71. The molecule has 25 heavy (non-hydrogen) atoms. The van der Waals surface area contributed by atoms with Gasteiger partial charge in [-0.05, 0) is 43.0 Å². The summed E-state index contributed by atoms with van der Waals surface area (Å²) in [6.45, 7) is 1.17. The lowest BCUT2D eigenvalue weighted by Gasteiger charge is -2.35. The summed E-state index contributed by atoms with van der Waals surface area (Å²) >= 11 is 0. The summed E-state index contributed by atoms with van der Waals surface area (Å²) in [7, 11) is 0. The fraction of sp³-hybridized carbons (Fsp3) is 0.316. The first-order chi connectivity index (χ1) is 12.0. The van der Waals surface area contributed by atoms with Crippen LogP contribution in [0.25, 0.3) is 0 Å². The quantitative estimate of drug-likeness (QED) is 0.842. The normalized spacial score (nSPS) is 16.5. The van der Waals surface area contributed by atoms with Crippen LogP contribution in [0.15, 0.2) is 36.4 Å². The van der Waals surface area contributed by atoms with Crippen LogP contribution >= 0.6 is 0 Å². The second-order valence-electron chi connectivity index (χ2n) is 6.28. The molecule has 1 saturated heterocycles. The standard InChI is InChI=1S/C19H18F3N3/c20-14-2-3-15(16(21)10-14)19(22)13-5-7-25(8-6-13)18-4-1-12(11-23)9-17(18)24/h1-4,9-10,13,19H,5-8,24H2. The van der Waals surface area contributed by atoms with Crippen molar-refractivity contribution in [1.82, 2.24) is 0 Å². The first-order valence-electron chi connectivity index (χ1n) is 8.13. The Morgan fingerprint density at radius 2 is 1.84 bits per heavy atom. The second-order valence-corrected chi connectivity index (χ2v) is 6.28. The van der Waals surface area contributed by atoms with E-state index in [-0.39, 0.29) is 11.5 Å². The molecule has 1 heterocycles. The monoisotopic (exact) mass is 345 g/mol. The topological polar surface area (TPSA) is 53.0 Å². The molecule has 1 fully saturated rings. The number of benzene rings is 2. The summed E-state index contributed by atoms with van der Waals surface area (Å²) in [5, 5.41) is 8.89. The van der Waals surface area contributed by atoms with Crippen LogP contribution in [0.2, 0.25) is 0 Å². The number of nitrogens with two attached hydrogens (primary N) is 1. The summed E-state index contributed by atoms with van der Waals surface area (Å²) < 4.78 is 41.5. The van der Waals surface area contributed by atoms with Gasteiger partial charge in [-0.1, -0.05) is 6.07 Å². The maximum Gasteiger partial charge on any atom is 0.132 e. The fourth-order valence-electron chi connectivity index (χ4n) is 3.32. The number of hydrogen-bond donors (Lipinski definition) is 1. The number of halogens is 3. The molecular formula is C19H18F3N3. The predicted molar refractivity (Wildman–Crippen MR) is 90.7 cm³/mol. The Morgan fingerprint density at radius 3 is 2.44 bits per heavy atom. The number of piperidine rings is 1. The predicted octanol–water partition coefficient (Wildman–Crippen LogP) is 4.35. The zero-order valence-corrected chi connectivity index (χ0v) is 13.6. The summed E-state index contributed by atoms with van der Waals surface area (Å²) in [5.41, 5.74) is 7.74. The summed E-state index contributed by atoms with van der Waals surface area (Å²) in [4.78, 5) is 2.04. The van der Waals surface area contributed by atoms with Gasteiger partial charge in [-0.2, -0.15) is 5.26 Å². The van der Waals surface area contributed by atoms with Gasteiger partial charge in [0.25, 0.3) is 0 Å². The van der Waals surface area contributed by atoms with E-state index in [1.54, 1.807) is 18.2 Å². The number of hydrogen-bond acceptors (Lipinski definition) is 3. The van der Waals surface area contributed by atoms with Gasteiger partial charge in [-0.15, -0.1) is 0 Å². The van der Waals surface area contributed by atoms with Crippen LogP contribution in [0, 0.1) is 28.9 Å². The smallest absolute Gasteiger partial charge is 0.132 e. The first kappa shape index (κ1) is 17.2. The van der Waals surface area contributed by atoms with Gasteiger partial charge in [0.2, 0.25) is 0 Å². The highest BCUT2D eigenvalue weighted by atomic mass is 19.1. The molecule has 130 valence electrons. The minimum atomic E-state index is -1.46. The van der Waals surface area contributed by atoms with E-state index in [2.05, 4.69) is 0 Å². The molecule has 0 radical (unpaired) electrons. The fourth-order valence-corrected chi connectivity index (χ4v) is 3.32. The summed E-state index contributed by atoms with van der Waals surface area (Å²) in [6.07, 6.45) is -0.379. The lowest BCUT2D eigenvalue weighted by molar-refractivity contribution is 0.194. The van der Waals surface area contributed by atoms with Gasteiger partial charge in [-0.25, -0.2) is 13.2 Å². The average molecular weight is 345 g/mol. The highest BCUT2D eigenvalue weighted by Gasteiger charge is 2.30. The van der Waals surface area contributed by atoms with Crippen molar-refractivity contribution in [2.75, 3.05) is 23.7 Å². The lowest BCUT2D eigenvalue weighted by atomic mass is 9.88. The lowest BCUT2D eigenvalue weighted by Crippen LogP contribution is -2.35. The maximum atomic E-state index is 14.7. The van der Waals surface area contributed by atoms with Crippen molar-refractivity contribution in [1.29, 1.82) is 5.26 Å². The molecule has 1 unspecified atom stereocenters. The van der Waals surface area contributed by atoms with E-state index in [1.165, 1.54) is 6.07 Å². The molecular weight excluding hydrogens is 327 g/mol. The Bertz CT molecular complexity index is 808. The Morgan fingerprint density at radius 1 is 1.12 bits per heavy atom. The van der Waals surface area contributed by atoms with Crippen molar-refractivity contribution >= 4 is 11.4 Å². The van der Waals surface area contributed by atoms with Crippen LogP contribution in [0.5, 0.6) is 0 Å². The van der Waals surface area contributed by atoms with E-state index >= 15 is 0 Å². The molecule has 1 aliphatic rings. The number of anilines is 2. The second kappa shape index (κ2) is 7.06. The van der Waals surface area contributed by atoms with E-state index in [1.807, 2.05) is 11.0 Å². The van der Waals surface area contributed by atoms with E-state index in [0.717, 1.165) is 11.8 Å². The van der Waals surface area contributed by atoms with Crippen molar-refractivity contribution in [3.8, 4) is 6.07 Å². The van der Waals surface area contributed by atoms with E-state index in [9.17, 15) is 13.2 Å². The minimum absolute atomic E-state index is 0.0854. The molecule has 2 aromatic rings. The third-order valence-corrected chi connectivity index (χ3v) is 4.71. The molecule has 0 amide bonds. The Labute approximate surface area is 144 Å². The third kappa shape index (κ3) is 3.55. The van der Waals surface area contributed by atoms with Crippen LogP contribution in [-0.2, 0) is 0 Å². The molecule has 2 aromatic carbocycles. The van der Waals surface area contributed by atoms with Gasteiger partial charge in [0.15, 0.2) is 0 Å². The molecule has 6 heteroatoms. The molecule has 0 aromatic heterocycles. The van der Waals surface area contributed by atoms with Gasteiger partial charge in [0.05, 0.1) is 23.0 Å². The number of nitrogens with zero attached hydrogens (tertiary/aromatic N) is 2. The molecule has 0 saturated carbocycles. The van der Waals surface area contributed by atoms with Crippen LogP contribution in [0.4, 0.5) is 24.5 Å². The number of alkyl halides is 1.